The first kappa shape index (κ1) is 27.8. The molecule has 0 N–H and O–H groups in total. The number of methoxy groups -OCH3 is 3. The fourth-order valence-corrected chi connectivity index (χ4v) is 5.65. The molecule has 2 aromatic carbocycles. The van der Waals surface area contributed by atoms with Crippen LogP contribution in [0.4, 0.5) is 0 Å². The normalized spacial score (nSPS) is 14.9. The van der Waals surface area contributed by atoms with Crippen LogP contribution >= 0.6 is 11.3 Å². The number of nitrogens with zero attached hydrogens (tertiary/aromatic N) is 3. The zero-order chi connectivity index (χ0) is 28.3. The molecule has 10 heteroatoms. The molecule has 0 spiro atoms. The second-order valence-electron chi connectivity index (χ2n) is 8.78. The highest BCUT2D eigenvalue weighted by molar-refractivity contribution is 7.07. The van der Waals surface area contributed by atoms with Gasteiger partial charge in [-0.3, -0.25) is 14.2 Å². The van der Waals surface area contributed by atoms with Gasteiger partial charge in [-0.2, -0.15) is 0 Å². The van der Waals surface area contributed by atoms with Crippen molar-refractivity contribution in [3.05, 3.63) is 90.1 Å². The van der Waals surface area contributed by atoms with Crippen molar-refractivity contribution < 1.29 is 23.8 Å². The number of hydrogen-bond acceptors (Lipinski definition) is 8. The van der Waals surface area contributed by atoms with Crippen LogP contribution in [-0.4, -0.2) is 55.8 Å². The fraction of sp³-hybridized carbons (Fsp3) is 0.310. The number of carbonyl (C=O) groups is 2. The average Bonchev–Trinajstić information content (AvgIpc) is 3.26. The number of rotatable bonds is 8. The number of hydrogen-bond donors (Lipinski definition) is 0. The molecular formula is C29H31N3O6S. The lowest BCUT2D eigenvalue weighted by molar-refractivity contribution is -0.127. The summed E-state index contributed by atoms with van der Waals surface area (Å²) in [6.07, 6.45) is 1.75. The van der Waals surface area contributed by atoms with E-state index >= 15 is 0 Å². The second-order valence-corrected chi connectivity index (χ2v) is 9.79. The summed E-state index contributed by atoms with van der Waals surface area (Å²) >= 11 is 1.24. The molecule has 1 amide bonds. The smallest absolute Gasteiger partial charge is 0.337 e. The van der Waals surface area contributed by atoms with Crippen molar-refractivity contribution in [2.75, 3.05) is 34.4 Å². The molecule has 0 bridgehead atoms. The first-order valence-corrected chi connectivity index (χ1v) is 13.3. The Kier molecular flexibility index (Phi) is 8.35. The van der Waals surface area contributed by atoms with Crippen molar-refractivity contribution >= 4 is 29.3 Å². The third-order valence-electron chi connectivity index (χ3n) is 6.66. The van der Waals surface area contributed by atoms with Crippen LogP contribution in [-0.2, 0) is 9.53 Å². The summed E-state index contributed by atoms with van der Waals surface area (Å²) in [7, 11) is 4.44. The molecular weight excluding hydrogens is 518 g/mol. The molecule has 4 rings (SSSR count). The number of thiazole rings is 1. The van der Waals surface area contributed by atoms with E-state index in [0.717, 1.165) is 5.56 Å². The van der Waals surface area contributed by atoms with Crippen LogP contribution in [0.3, 0.4) is 0 Å². The number of esters is 1. The Balaban J connectivity index is 1.96. The molecule has 0 unspecified atom stereocenters. The van der Waals surface area contributed by atoms with Crippen LogP contribution in [0.25, 0.3) is 6.08 Å². The Morgan fingerprint density at radius 2 is 1.74 bits per heavy atom. The minimum absolute atomic E-state index is 0.191. The zero-order valence-electron chi connectivity index (χ0n) is 22.8. The zero-order valence-corrected chi connectivity index (χ0v) is 23.6. The maximum absolute atomic E-state index is 13.9. The van der Waals surface area contributed by atoms with E-state index in [-0.39, 0.29) is 11.5 Å². The number of ether oxygens (including phenoxy) is 3. The summed E-state index contributed by atoms with van der Waals surface area (Å²) in [5, 5.41) is 0. The maximum Gasteiger partial charge on any atom is 0.337 e. The third kappa shape index (κ3) is 5.24. The lowest BCUT2D eigenvalue weighted by Crippen LogP contribution is -2.43. The van der Waals surface area contributed by atoms with Gasteiger partial charge in [0.15, 0.2) is 4.80 Å². The Labute approximate surface area is 230 Å². The first-order chi connectivity index (χ1) is 18.8. The van der Waals surface area contributed by atoms with Gasteiger partial charge in [0.2, 0.25) is 0 Å². The van der Waals surface area contributed by atoms with Gasteiger partial charge in [-0.15, -0.1) is 0 Å². The summed E-state index contributed by atoms with van der Waals surface area (Å²) in [6, 6.07) is 11.3. The Morgan fingerprint density at radius 1 is 1.05 bits per heavy atom. The van der Waals surface area contributed by atoms with E-state index in [0.29, 0.717) is 56.3 Å². The molecule has 1 aromatic heterocycles. The quantitative estimate of drug-likeness (QED) is 0.401. The van der Waals surface area contributed by atoms with Crippen LogP contribution in [0.5, 0.6) is 11.5 Å². The monoisotopic (exact) mass is 549 g/mol. The number of likely N-dealkylation sites (N-methyl/N-ethyl adjacent to an activating group) is 1. The maximum atomic E-state index is 13.9. The SMILES string of the molecule is CCN(CC)C(=O)C1=C(C)N=c2s/c(=C/c3ccc(C(=O)OC)cc3)c(=O)n2[C@H]1c1cc(OC)ccc1OC. The number of allylic oxidation sites excluding steroid dienone is 1. The standard InChI is InChI=1S/C29H31N3O6S/c1-7-31(8-2)27(34)24-17(3)30-29-32(25(24)21-16-20(36-4)13-14-22(21)37-5)26(33)23(39-29)15-18-9-11-19(12-10-18)28(35)38-6/h9-16,25H,7-8H2,1-6H3/b23-15+/t25-/m0/s1. The molecule has 9 nitrogen and oxygen atoms in total. The van der Waals surface area contributed by atoms with Gasteiger partial charge >= 0.3 is 5.97 Å². The molecule has 3 aromatic rings. The van der Waals surface area contributed by atoms with E-state index in [2.05, 4.69) is 0 Å². The summed E-state index contributed by atoms with van der Waals surface area (Å²) in [5.41, 5.74) is 2.43. The molecule has 2 heterocycles. The van der Waals surface area contributed by atoms with Crippen molar-refractivity contribution in [3.8, 4) is 11.5 Å². The second kappa shape index (κ2) is 11.7. The lowest BCUT2D eigenvalue weighted by atomic mass is 9.93. The van der Waals surface area contributed by atoms with Gasteiger partial charge in [0.1, 0.15) is 17.5 Å². The topological polar surface area (TPSA) is 99.4 Å². The minimum atomic E-state index is -0.775. The van der Waals surface area contributed by atoms with Gasteiger partial charge in [0.05, 0.1) is 42.7 Å². The van der Waals surface area contributed by atoms with E-state index in [1.54, 1.807) is 79.2 Å². The minimum Gasteiger partial charge on any atom is -0.497 e. The molecule has 1 aliphatic heterocycles. The highest BCUT2D eigenvalue weighted by Crippen LogP contribution is 2.38. The summed E-state index contributed by atoms with van der Waals surface area (Å²) in [5.74, 6) is 0.467. The fourth-order valence-electron chi connectivity index (χ4n) is 4.61. The number of amides is 1. The van der Waals surface area contributed by atoms with E-state index in [1.165, 1.54) is 18.4 Å². The molecule has 1 atom stereocenters. The largest absolute Gasteiger partial charge is 0.497 e. The summed E-state index contributed by atoms with van der Waals surface area (Å²) < 4.78 is 17.9. The molecule has 0 radical (unpaired) electrons. The average molecular weight is 550 g/mol. The third-order valence-corrected chi connectivity index (χ3v) is 7.65. The van der Waals surface area contributed by atoms with E-state index in [4.69, 9.17) is 19.2 Å². The lowest BCUT2D eigenvalue weighted by Gasteiger charge is -2.30. The van der Waals surface area contributed by atoms with Gasteiger partial charge in [0, 0.05) is 18.7 Å². The first-order valence-electron chi connectivity index (χ1n) is 12.5. The van der Waals surface area contributed by atoms with Crippen LogP contribution in [0, 0.1) is 0 Å². The number of aromatic nitrogens is 1. The Bertz CT molecular complexity index is 1610. The molecule has 39 heavy (non-hydrogen) atoms. The molecule has 0 aliphatic carbocycles. The highest BCUT2D eigenvalue weighted by Gasteiger charge is 2.36. The van der Waals surface area contributed by atoms with Gasteiger partial charge in [-0.05, 0) is 62.7 Å². The van der Waals surface area contributed by atoms with Crippen LogP contribution < -0.4 is 24.4 Å². The number of benzene rings is 2. The molecule has 1 aliphatic rings. The molecule has 204 valence electrons. The summed E-state index contributed by atoms with van der Waals surface area (Å²) in [6.45, 7) is 6.65. The number of fused-ring (bicyclic) bond motifs is 1. The van der Waals surface area contributed by atoms with Crippen molar-refractivity contribution in [2.24, 2.45) is 4.99 Å². The predicted molar refractivity (Wildman–Crippen MR) is 149 cm³/mol. The van der Waals surface area contributed by atoms with Gasteiger partial charge < -0.3 is 19.1 Å². The van der Waals surface area contributed by atoms with Gasteiger partial charge in [-0.1, -0.05) is 23.5 Å². The van der Waals surface area contributed by atoms with E-state index in [1.807, 2.05) is 13.8 Å². The predicted octanol–water partition coefficient (Wildman–Crippen LogP) is 2.91. The Hall–Kier alpha value is -4.18. The van der Waals surface area contributed by atoms with Gasteiger partial charge in [0.25, 0.3) is 11.5 Å². The van der Waals surface area contributed by atoms with Crippen molar-refractivity contribution in [3.63, 3.8) is 0 Å². The highest BCUT2D eigenvalue weighted by atomic mass is 32.1. The molecule has 0 saturated carbocycles. The van der Waals surface area contributed by atoms with Crippen LogP contribution in [0.2, 0.25) is 0 Å². The van der Waals surface area contributed by atoms with Crippen molar-refractivity contribution in [1.29, 1.82) is 0 Å². The molecule has 0 fully saturated rings. The van der Waals surface area contributed by atoms with E-state index < -0.39 is 12.0 Å². The van der Waals surface area contributed by atoms with Crippen LogP contribution in [0.15, 0.2) is 63.5 Å². The van der Waals surface area contributed by atoms with Crippen molar-refractivity contribution in [1.82, 2.24) is 9.47 Å². The van der Waals surface area contributed by atoms with Gasteiger partial charge in [-0.25, -0.2) is 9.79 Å². The van der Waals surface area contributed by atoms with Crippen molar-refractivity contribution in [2.45, 2.75) is 26.8 Å². The van der Waals surface area contributed by atoms with Crippen LogP contribution in [0.1, 0.15) is 48.3 Å². The Morgan fingerprint density at radius 3 is 2.33 bits per heavy atom. The number of carbonyl (C=O) groups excluding carboxylic acids is 2. The molecule has 0 saturated heterocycles. The summed E-state index contributed by atoms with van der Waals surface area (Å²) in [4.78, 5) is 46.5. The van der Waals surface area contributed by atoms with E-state index in [9.17, 15) is 14.4 Å².